The van der Waals surface area contributed by atoms with Crippen molar-refractivity contribution in [1.29, 1.82) is 0 Å². The normalized spacial score (nSPS) is 16.1. The Balaban J connectivity index is 2.06. The van der Waals surface area contributed by atoms with Crippen molar-refractivity contribution in [2.45, 2.75) is 32.6 Å². The van der Waals surface area contributed by atoms with Crippen LogP contribution in [0.2, 0.25) is 0 Å². The molecule has 1 aliphatic rings. The maximum Gasteiger partial charge on any atom is 0.106 e. The Labute approximate surface area is 109 Å². The van der Waals surface area contributed by atoms with Crippen LogP contribution in [0.15, 0.2) is 18.2 Å². The first-order chi connectivity index (χ1) is 8.16. The van der Waals surface area contributed by atoms with Crippen LogP contribution in [-0.4, -0.2) is 11.5 Å². The molecule has 3 N–H and O–H groups in total. The Morgan fingerprint density at radius 2 is 2.12 bits per heavy atom. The average molecular weight is 248 g/mol. The summed E-state index contributed by atoms with van der Waals surface area (Å²) in [5.41, 5.74) is 9.00. The lowest BCUT2D eigenvalue weighted by atomic mass is 10.1. The zero-order chi connectivity index (χ0) is 12.3. The predicted molar refractivity (Wildman–Crippen MR) is 77.5 cm³/mol. The second-order valence-corrected chi connectivity index (χ2v) is 5.38. The largest absolute Gasteiger partial charge is 0.389 e. The number of nitrogens with two attached hydrogens (primary N) is 1. The van der Waals surface area contributed by atoms with E-state index in [1.54, 1.807) is 0 Å². The molecule has 0 radical (unpaired) electrons. The van der Waals surface area contributed by atoms with E-state index < -0.39 is 0 Å². The predicted octanol–water partition coefficient (Wildman–Crippen LogP) is 3.23. The number of rotatable bonds is 4. The number of anilines is 1. The zero-order valence-electron chi connectivity index (χ0n) is 10.3. The number of hydrogen-bond donors (Lipinski definition) is 2. The Morgan fingerprint density at radius 1 is 1.41 bits per heavy atom. The molecule has 1 fully saturated rings. The molecule has 0 aromatic heterocycles. The van der Waals surface area contributed by atoms with Gasteiger partial charge in [0, 0.05) is 17.8 Å². The summed E-state index contributed by atoms with van der Waals surface area (Å²) in [5.74, 6) is 0.815. The molecule has 0 heterocycles. The minimum atomic E-state index is 0.475. The average Bonchev–Trinajstić information content (AvgIpc) is 2.80. The fraction of sp³-hybridized carbons (Fsp3) is 0.500. The van der Waals surface area contributed by atoms with Crippen molar-refractivity contribution in [3.8, 4) is 0 Å². The summed E-state index contributed by atoms with van der Waals surface area (Å²) in [4.78, 5) is 0.475. The summed E-state index contributed by atoms with van der Waals surface area (Å²) in [6, 6.07) is 6.23. The maximum absolute atomic E-state index is 5.76. The van der Waals surface area contributed by atoms with E-state index in [1.807, 2.05) is 0 Å². The maximum atomic E-state index is 5.76. The van der Waals surface area contributed by atoms with Crippen molar-refractivity contribution in [3.63, 3.8) is 0 Å². The summed E-state index contributed by atoms with van der Waals surface area (Å²) in [6.07, 6.45) is 5.45. The summed E-state index contributed by atoms with van der Waals surface area (Å²) in [6.45, 7) is 3.10. The number of thiocarbonyl (C=S) groups is 1. The van der Waals surface area contributed by atoms with Gasteiger partial charge >= 0.3 is 0 Å². The Bertz CT molecular complexity index is 409. The van der Waals surface area contributed by atoms with Crippen molar-refractivity contribution in [3.05, 3.63) is 29.3 Å². The van der Waals surface area contributed by atoms with E-state index in [4.69, 9.17) is 18.0 Å². The van der Waals surface area contributed by atoms with Crippen molar-refractivity contribution >= 4 is 22.9 Å². The first kappa shape index (κ1) is 12.4. The second kappa shape index (κ2) is 5.50. The minimum Gasteiger partial charge on any atom is -0.389 e. The SMILES string of the molecule is Cc1ccc(NCC2CCCC2)c(C(N)=S)c1. The molecule has 17 heavy (non-hydrogen) atoms. The molecule has 0 spiro atoms. The first-order valence-electron chi connectivity index (χ1n) is 6.31. The third-order valence-corrected chi connectivity index (χ3v) is 3.72. The lowest BCUT2D eigenvalue weighted by Gasteiger charge is -2.15. The smallest absolute Gasteiger partial charge is 0.106 e. The highest BCUT2D eigenvalue weighted by Gasteiger charge is 2.15. The topological polar surface area (TPSA) is 38.0 Å². The van der Waals surface area contributed by atoms with E-state index in [0.717, 1.165) is 23.7 Å². The third kappa shape index (κ3) is 3.19. The van der Waals surface area contributed by atoms with Gasteiger partial charge in [-0.15, -0.1) is 0 Å². The lowest BCUT2D eigenvalue weighted by molar-refractivity contribution is 0.580. The van der Waals surface area contributed by atoms with E-state index in [2.05, 4.69) is 30.4 Å². The van der Waals surface area contributed by atoms with Crippen LogP contribution in [0.25, 0.3) is 0 Å². The molecule has 0 atom stereocenters. The van der Waals surface area contributed by atoms with Crippen LogP contribution in [0.1, 0.15) is 36.8 Å². The molecule has 1 aliphatic carbocycles. The van der Waals surface area contributed by atoms with Crippen LogP contribution in [0, 0.1) is 12.8 Å². The van der Waals surface area contributed by atoms with Gasteiger partial charge in [0.25, 0.3) is 0 Å². The fourth-order valence-electron chi connectivity index (χ4n) is 2.48. The van der Waals surface area contributed by atoms with Gasteiger partial charge in [-0.25, -0.2) is 0 Å². The number of hydrogen-bond acceptors (Lipinski definition) is 2. The van der Waals surface area contributed by atoms with E-state index in [9.17, 15) is 0 Å². The summed E-state index contributed by atoms with van der Waals surface area (Å²) < 4.78 is 0. The molecular weight excluding hydrogens is 228 g/mol. The van der Waals surface area contributed by atoms with Gasteiger partial charge < -0.3 is 11.1 Å². The highest BCUT2D eigenvalue weighted by molar-refractivity contribution is 7.80. The number of nitrogens with one attached hydrogen (secondary N) is 1. The van der Waals surface area contributed by atoms with Crippen LogP contribution in [0.4, 0.5) is 5.69 Å². The molecule has 0 saturated heterocycles. The molecule has 0 amide bonds. The summed E-state index contributed by atoms with van der Waals surface area (Å²) >= 11 is 5.10. The Kier molecular flexibility index (Phi) is 4.00. The molecule has 92 valence electrons. The standard InChI is InChI=1S/C14H20N2S/c1-10-6-7-13(12(8-10)14(15)17)16-9-11-4-2-3-5-11/h6-8,11,16H,2-5,9H2,1H3,(H2,15,17). The van der Waals surface area contributed by atoms with Gasteiger partial charge in [0.05, 0.1) is 0 Å². The fourth-order valence-corrected chi connectivity index (χ4v) is 2.65. The van der Waals surface area contributed by atoms with Crippen molar-refractivity contribution in [2.75, 3.05) is 11.9 Å². The second-order valence-electron chi connectivity index (χ2n) is 4.94. The molecule has 2 rings (SSSR count). The first-order valence-corrected chi connectivity index (χ1v) is 6.72. The van der Waals surface area contributed by atoms with Gasteiger partial charge in [-0.1, -0.05) is 36.7 Å². The molecule has 3 heteroatoms. The monoisotopic (exact) mass is 248 g/mol. The molecule has 1 aromatic rings. The van der Waals surface area contributed by atoms with Crippen LogP contribution in [0.3, 0.4) is 0 Å². The van der Waals surface area contributed by atoms with Crippen LogP contribution in [0.5, 0.6) is 0 Å². The zero-order valence-corrected chi connectivity index (χ0v) is 11.1. The van der Waals surface area contributed by atoms with Gasteiger partial charge in [-0.3, -0.25) is 0 Å². The third-order valence-electron chi connectivity index (χ3n) is 3.50. The molecule has 1 aromatic carbocycles. The molecule has 1 saturated carbocycles. The highest BCUT2D eigenvalue weighted by Crippen LogP contribution is 2.26. The van der Waals surface area contributed by atoms with E-state index >= 15 is 0 Å². The van der Waals surface area contributed by atoms with Crippen LogP contribution < -0.4 is 11.1 Å². The van der Waals surface area contributed by atoms with Gasteiger partial charge in [0.1, 0.15) is 4.99 Å². The van der Waals surface area contributed by atoms with Crippen molar-refractivity contribution in [2.24, 2.45) is 11.7 Å². The molecule has 0 unspecified atom stereocenters. The van der Waals surface area contributed by atoms with E-state index in [0.29, 0.717) is 4.99 Å². The Morgan fingerprint density at radius 3 is 2.76 bits per heavy atom. The molecule has 2 nitrogen and oxygen atoms in total. The van der Waals surface area contributed by atoms with Gasteiger partial charge in [-0.05, 0) is 37.8 Å². The minimum absolute atomic E-state index is 0.475. The molecule has 0 aliphatic heterocycles. The number of benzene rings is 1. The Hall–Kier alpha value is -1.09. The van der Waals surface area contributed by atoms with Crippen molar-refractivity contribution < 1.29 is 0 Å². The van der Waals surface area contributed by atoms with Gasteiger partial charge in [0.2, 0.25) is 0 Å². The van der Waals surface area contributed by atoms with Gasteiger partial charge in [-0.2, -0.15) is 0 Å². The summed E-state index contributed by atoms with van der Waals surface area (Å²) in [7, 11) is 0. The van der Waals surface area contributed by atoms with E-state index in [1.165, 1.54) is 31.2 Å². The quantitative estimate of drug-likeness (QED) is 0.803. The number of aryl methyl sites for hydroxylation is 1. The van der Waals surface area contributed by atoms with Crippen LogP contribution >= 0.6 is 12.2 Å². The van der Waals surface area contributed by atoms with E-state index in [-0.39, 0.29) is 0 Å². The molecule has 0 bridgehead atoms. The summed E-state index contributed by atoms with van der Waals surface area (Å²) in [5, 5.41) is 3.50. The van der Waals surface area contributed by atoms with Crippen molar-refractivity contribution in [1.82, 2.24) is 0 Å². The molecular formula is C14H20N2S. The van der Waals surface area contributed by atoms with Gasteiger partial charge in [0.15, 0.2) is 0 Å². The van der Waals surface area contributed by atoms with Crippen LogP contribution in [-0.2, 0) is 0 Å². The highest BCUT2D eigenvalue weighted by atomic mass is 32.1. The lowest BCUT2D eigenvalue weighted by Crippen LogP contribution is -2.16.